The highest BCUT2D eigenvalue weighted by Crippen LogP contribution is 2.68. The average Bonchev–Trinajstić information content (AvgIpc) is 2.98. The molecule has 334 valence electrons. The van der Waals surface area contributed by atoms with Crippen molar-refractivity contribution in [1.29, 1.82) is 0 Å². The quantitative estimate of drug-likeness (QED) is 0.0529. The molecule has 0 aliphatic heterocycles. The van der Waals surface area contributed by atoms with Gasteiger partial charge in [-0.15, -0.1) is 8.78 Å². The predicted octanol–water partition coefficient (Wildman–Crippen LogP) is 11.9. The van der Waals surface area contributed by atoms with Crippen molar-refractivity contribution in [2.45, 2.75) is 123 Å². The van der Waals surface area contributed by atoms with Gasteiger partial charge in [-0.2, -0.15) is 109 Å². The van der Waals surface area contributed by atoms with Crippen molar-refractivity contribution in [2.75, 3.05) is 5.75 Å². The summed E-state index contributed by atoms with van der Waals surface area (Å²) < 4.78 is 395. The van der Waals surface area contributed by atoms with Gasteiger partial charge in [0.15, 0.2) is 0 Å². The average molecular weight is 916 g/mol. The lowest BCUT2D eigenvalue weighted by Crippen LogP contribution is -2.78. The molecule has 0 aliphatic rings. The maximum atomic E-state index is 13.4. The predicted molar refractivity (Wildman–Crippen MR) is 118 cm³/mol. The summed E-state index contributed by atoms with van der Waals surface area (Å²) in [6.45, 7) is 2.14. The van der Waals surface area contributed by atoms with Crippen molar-refractivity contribution >= 4 is 10.1 Å². The lowest BCUT2D eigenvalue weighted by Gasteiger charge is -2.45. The maximum Gasteiger partial charge on any atom is 0.576 e. The third kappa shape index (κ3) is 9.12. The van der Waals surface area contributed by atoms with Crippen LogP contribution < -0.4 is 0 Å². The number of halogens is 29. The molecule has 0 amide bonds. The van der Waals surface area contributed by atoms with Gasteiger partial charge < -0.3 is 0 Å². The van der Waals surface area contributed by atoms with Crippen LogP contribution in [0.4, 0.5) is 128 Å². The third-order valence-corrected chi connectivity index (χ3v) is 7.68. The molecule has 0 aromatic heterocycles. The van der Waals surface area contributed by atoms with Crippen LogP contribution in [0.3, 0.4) is 0 Å². The van der Waals surface area contributed by atoms with Crippen molar-refractivity contribution in [3.05, 3.63) is 0 Å². The Kier molecular flexibility index (Phi) is 16.2. The molecule has 0 N–H and O–H groups in total. The number of alkyl halides is 25. The van der Waals surface area contributed by atoms with Crippen molar-refractivity contribution < 1.29 is 146 Å². The number of rotatable bonds is 20. The van der Waals surface area contributed by atoms with E-state index >= 15 is 0 Å². The molecule has 0 aliphatic carbocycles. The van der Waals surface area contributed by atoms with Crippen LogP contribution >= 0.6 is 0 Å². The Hall–Kier alpha value is -2.16. The number of hydrogen-bond donors (Lipinski definition) is 0. The minimum Gasteiger partial charge on any atom is -0.197 e. The number of unbranched alkanes of at least 4 members (excludes halogenated alkanes) is 6. The van der Waals surface area contributed by atoms with E-state index in [0.29, 0.717) is 6.42 Å². The molecule has 0 bridgehead atoms. The lowest BCUT2D eigenvalue weighted by atomic mass is 9.85. The largest absolute Gasteiger partial charge is 0.576 e. The van der Waals surface area contributed by atoms with Crippen LogP contribution in [-0.4, -0.2) is 90.8 Å². The van der Waals surface area contributed by atoms with Crippen molar-refractivity contribution in [3.8, 4) is 0 Å². The van der Waals surface area contributed by atoms with E-state index in [9.17, 15) is 136 Å². The first-order valence-electron chi connectivity index (χ1n) is 13.4. The summed E-state index contributed by atoms with van der Waals surface area (Å²) in [4.78, 5) is 0. The molecule has 4 nitrogen and oxygen atoms in total. The SMILES string of the molecule is CCCCCCCCCS(=O)(=O)OF.FC(F)(F)C(F)(F)C(F)(F)C(F)(F)C(F)(F)C(F)(F)C(F)(F)C(F)(F)C(F)(F)C(F)(F)C(F)(F)C(F)(F)[N+](F)(F)F. The van der Waals surface area contributed by atoms with Gasteiger partial charge in [0.05, 0.1) is 19.2 Å². The zero-order chi connectivity index (χ0) is 45.4. The smallest absolute Gasteiger partial charge is 0.197 e. The number of hydrogen-bond acceptors (Lipinski definition) is 3. The first-order valence-corrected chi connectivity index (χ1v) is 14.9. The molecule has 0 fully saturated rings. The summed E-state index contributed by atoms with van der Waals surface area (Å²) in [6, 6.07) is -8.81. The fourth-order valence-electron chi connectivity index (χ4n) is 3.37. The van der Waals surface area contributed by atoms with Gasteiger partial charge in [0, 0.05) is 0 Å². The standard InChI is InChI=1S/C12F28N.C9H19FO3S/c13-1(14,3(17,18)5(21,22)7(25,26)9(29,30)11(33,34)35)2(15,16)4(19,20)6(23,24)8(27,28)10(31,32)12(36,37)41(38,39)40;1-2-3-4-5-6-7-8-9-14(11,12)13-10/h;2-9H2,1H3/q+1;. The van der Waals surface area contributed by atoms with Crippen LogP contribution in [0.25, 0.3) is 0 Å². The van der Waals surface area contributed by atoms with Gasteiger partial charge in [-0.1, -0.05) is 49.8 Å². The molecule has 0 heterocycles. The molecule has 0 atom stereocenters. The summed E-state index contributed by atoms with van der Waals surface area (Å²) in [6.07, 6.45) is -1.17. The maximum absolute atomic E-state index is 13.4. The molecular weight excluding hydrogens is 897 g/mol. The van der Waals surface area contributed by atoms with Crippen LogP contribution in [0.2, 0.25) is 0 Å². The van der Waals surface area contributed by atoms with Crippen LogP contribution in [0.5, 0.6) is 0 Å². The lowest BCUT2D eigenvalue weighted by molar-refractivity contribution is -1.32. The highest BCUT2D eigenvalue weighted by atomic mass is 32.2. The van der Waals surface area contributed by atoms with E-state index < -0.39 is 86.7 Å². The van der Waals surface area contributed by atoms with Gasteiger partial charge in [0.1, 0.15) is 0 Å². The van der Waals surface area contributed by atoms with Gasteiger partial charge in [-0.05, 0) is 10.9 Å². The summed E-state index contributed by atoms with van der Waals surface area (Å²) in [7, 11) is -3.88. The Balaban J connectivity index is 0. The zero-order valence-corrected chi connectivity index (χ0v) is 26.5. The summed E-state index contributed by atoms with van der Waals surface area (Å²) in [5.74, 6) is -95.2. The summed E-state index contributed by atoms with van der Waals surface area (Å²) in [5, 5.41) is -7.50. The van der Waals surface area contributed by atoms with Crippen molar-refractivity contribution in [3.63, 3.8) is 0 Å². The van der Waals surface area contributed by atoms with Gasteiger partial charge >= 0.3 is 76.6 Å². The summed E-state index contributed by atoms with van der Waals surface area (Å²) in [5.41, 5.74) is 0. The topological polar surface area (TPSA) is 43.4 Å². The Morgan fingerprint density at radius 3 is 0.873 bits per heavy atom. The first kappa shape index (κ1) is 54.9. The number of nitrogens with zero attached hydrogens (tertiary/aromatic N) is 1. The monoisotopic (exact) mass is 916 g/mol. The third-order valence-electron chi connectivity index (χ3n) is 6.70. The van der Waals surface area contributed by atoms with Crippen molar-refractivity contribution in [1.82, 2.24) is 0 Å². The second-order valence-corrected chi connectivity index (χ2v) is 12.3. The summed E-state index contributed by atoms with van der Waals surface area (Å²) >= 11 is 0. The van der Waals surface area contributed by atoms with E-state index in [1.165, 1.54) is 19.3 Å². The van der Waals surface area contributed by atoms with Gasteiger partial charge in [0.25, 0.3) is 10.1 Å². The van der Waals surface area contributed by atoms with E-state index in [1.807, 2.05) is 0 Å². The van der Waals surface area contributed by atoms with Crippen LogP contribution in [-0.2, 0) is 14.5 Å². The van der Waals surface area contributed by atoms with E-state index in [1.54, 1.807) is 0 Å². The zero-order valence-electron chi connectivity index (χ0n) is 25.7. The second-order valence-electron chi connectivity index (χ2n) is 10.7. The molecule has 0 rings (SSSR count). The van der Waals surface area contributed by atoms with E-state index in [0.717, 1.165) is 19.3 Å². The second kappa shape index (κ2) is 16.2. The molecule has 0 saturated carbocycles. The molecule has 0 unspecified atom stereocenters. The van der Waals surface area contributed by atoms with E-state index in [4.69, 9.17) is 0 Å². The van der Waals surface area contributed by atoms with Gasteiger partial charge in [0.2, 0.25) is 0 Å². The van der Waals surface area contributed by atoms with Crippen LogP contribution in [0, 0.1) is 0 Å². The normalized spacial score (nSPS) is 15.9. The Morgan fingerprint density at radius 1 is 0.400 bits per heavy atom. The van der Waals surface area contributed by atoms with Gasteiger partial charge in [-0.25, -0.2) is 0 Å². The fourth-order valence-corrected chi connectivity index (χ4v) is 3.99. The molecule has 55 heavy (non-hydrogen) atoms. The Labute approximate surface area is 285 Å². The fraction of sp³-hybridized carbons (Fsp3) is 1.00. The molecule has 0 saturated heterocycles. The van der Waals surface area contributed by atoms with E-state index in [-0.39, 0.29) is 5.75 Å². The Morgan fingerprint density at radius 2 is 0.636 bits per heavy atom. The molecule has 34 heteroatoms. The Bertz CT molecular complexity index is 1280. The first-order chi connectivity index (χ1) is 23.6. The van der Waals surface area contributed by atoms with E-state index in [2.05, 4.69) is 11.3 Å². The molecule has 0 aromatic rings. The highest BCUT2D eigenvalue weighted by molar-refractivity contribution is 7.86. The van der Waals surface area contributed by atoms with Crippen LogP contribution in [0.15, 0.2) is 0 Å². The minimum atomic E-state index is -9.83. The molecule has 0 spiro atoms. The molecule has 0 aromatic carbocycles. The minimum absolute atomic E-state index is 0.211. The molecule has 0 radical (unpaired) electrons. The molecular formula is C21H19F29NO3S+. The van der Waals surface area contributed by atoms with Crippen LogP contribution in [0.1, 0.15) is 51.9 Å². The number of quaternary nitrogens is 1. The van der Waals surface area contributed by atoms with Crippen molar-refractivity contribution in [2.24, 2.45) is 0 Å². The highest BCUT2D eigenvalue weighted by Gasteiger charge is 3.01. The van der Waals surface area contributed by atoms with Gasteiger partial charge in [-0.3, -0.25) is 0 Å².